The number of alkyl halides is 3. The number of carbonyl (C=O) groups excluding carboxylic acids is 2. The standard InChI is InChI=1S/C16H19F3N2O3/c1-4-21-9(2)12(14(22)24-3)13(20-15(21)23)10-6-5-7-11(8-10)16(17,18)19/h5-9,12-13H,4H2,1-3H3,(H,20,23)/t9-,12-,13+/m1/s1. The molecule has 0 saturated carbocycles. The normalized spacial score (nSPS) is 24.5. The van der Waals surface area contributed by atoms with E-state index in [9.17, 15) is 22.8 Å². The molecule has 0 aromatic heterocycles. The van der Waals surface area contributed by atoms with Crippen LogP contribution in [0.3, 0.4) is 0 Å². The molecule has 1 saturated heterocycles. The third-order valence-electron chi connectivity index (χ3n) is 4.30. The van der Waals surface area contributed by atoms with E-state index in [-0.39, 0.29) is 5.56 Å². The van der Waals surface area contributed by atoms with Crippen LogP contribution < -0.4 is 5.32 Å². The first kappa shape index (κ1) is 18.1. The molecule has 1 fully saturated rings. The van der Waals surface area contributed by atoms with Crippen LogP contribution >= 0.6 is 0 Å². The van der Waals surface area contributed by atoms with Gasteiger partial charge in [0.1, 0.15) is 5.92 Å². The quantitative estimate of drug-likeness (QED) is 0.858. The van der Waals surface area contributed by atoms with E-state index < -0.39 is 41.7 Å². The molecule has 0 radical (unpaired) electrons. The van der Waals surface area contributed by atoms with E-state index in [0.29, 0.717) is 6.54 Å². The molecule has 1 aliphatic rings. The third kappa shape index (κ3) is 3.32. The minimum atomic E-state index is -4.50. The summed E-state index contributed by atoms with van der Waals surface area (Å²) in [5.41, 5.74) is -0.611. The number of hydrogen-bond acceptors (Lipinski definition) is 3. The van der Waals surface area contributed by atoms with Crippen LogP contribution in [0, 0.1) is 5.92 Å². The van der Waals surface area contributed by atoms with E-state index in [1.165, 1.54) is 24.1 Å². The molecule has 1 N–H and O–H groups in total. The molecule has 5 nitrogen and oxygen atoms in total. The fraction of sp³-hybridized carbons (Fsp3) is 0.500. The highest BCUT2D eigenvalue weighted by atomic mass is 19.4. The molecule has 0 unspecified atom stereocenters. The van der Waals surface area contributed by atoms with Gasteiger partial charge in [-0.2, -0.15) is 13.2 Å². The van der Waals surface area contributed by atoms with Crippen LogP contribution in [0.4, 0.5) is 18.0 Å². The molecule has 0 spiro atoms. The van der Waals surface area contributed by atoms with Crippen molar-refractivity contribution >= 4 is 12.0 Å². The van der Waals surface area contributed by atoms with E-state index in [4.69, 9.17) is 4.74 Å². The maximum absolute atomic E-state index is 12.9. The monoisotopic (exact) mass is 344 g/mol. The number of urea groups is 1. The molecule has 8 heteroatoms. The molecule has 2 rings (SSSR count). The number of methoxy groups -OCH3 is 1. The average Bonchev–Trinajstić information content (AvgIpc) is 2.53. The first-order valence-corrected chi connectivity index (χ1v) is 7.52. The van der Waals surface area contributed by atoms with E-state index in [2.05, 4.69) is 5.32 Å². The number of benzene rings is 1. The number of halogens is 3. The predicted octanol–water partition coefficient (Wildman–Crippen LogP) is 2.97. The second kappa shape index (κ2) is 6.70. The summed E-state index contributed by atoms with van der Waals surface area (Å²) >= 11 is 0. The van der Waals surface area contributed by atoms with Crippen molar-refractivity contribution in [2.24, 2.45) is 5.92 Å². The zero-order chi connectivity index (χ0) is 18.1. The van der Waals surface area contributed by atoms with E-state index in [1.54, 1.807) is 13.8 Å². The summed E-state index contributed by atoms with van der Waals surface area (Å²) < 4.78 is 43.6. The lowest BCUT2D eigenvalue weighted by molar-refractivity contribution is -0.149. The lowest BCUT2D eigenvalue weighted by Gasteiger charge is -2.42. The molecular formula is C16H19F3N2O3. The molecule has 0 aliphatic carbocycles. The largest absolute Gasteiger partial charge is 0.469 e. The Morgan fingerprint density at radius 1 is 1.38 bits per heavy atom. The lowest BCUT2D eigenvalue weighted by Crippen LogP contribution is -2.59. The van der Waals surface area contributed by atoms with Gasteiger partial charge in [0.2, 0.25) is 0 Å². The van der Waals surface area contributed by atoms with Gasteiger partial charge in [-0.05, 0) is 31.5 Å². The minimum Gasteiger partial charge on any atom is -0.469 e. The SMILES string of the molecule is CCN1C(=O)N[C@@H](c2cccc(C(F)(F)F)c2)[C@H](C(=O)OC)[C@H]1C. The molecule has 1 aromatic rings. The molecule has 1 aliphatic heterocycles. The highest BCUT2D eigenvalue weighted by Crippen LogP contribution is 2.36. The highest BCUT2D eigenvalue weighted by Gasteiger charge is 2.44. The van der Waals surface area contributed by atoms with Crippen molar-refractivity contribution in [1.29, 1.82) is 0 Å². The number of esters is 1. The molecule has 0 bridgehead atoms. The second-order valence-electron chi connectivity index (χ2n) is 5.63. The van der Waals surface area contributed by atoms with E-state index in [0.717, 1.165) is 12.1 Å². The Morgan fingerprint density at radius 2 is 2.04 bits per heavy atom. The Morgan fingerprint density at radius 3 is 2.58 bits per heavy atom. The molecular weight excluding hydrogens is 325 g/mol. The molecule has 132 valence electrons. The summed E-state index contributed by atoms with van der Waals surface area (Å²) in [5, 5.41) is 2.63. The van der Waals surface area contributed by atoms with Crippen molar-refractivity contribution < 1.29 is 27.5 Å². The van der Waals surface area contributed by atoms with Gasteiger partial charge in [-0.1, -0.05) is 12.1 Å². The van der Waals surface area contributed by atoms with Crippen LogP contribution in [0.15, 0.2) is 24.3 Å². The third-order valence-corrected chi connectivity index (χ3v) is 4.30. The summed E-state index contributed by atoms with van der Waals surface area (Å²) in [5.74, 6) is -1.39. The maximum atomic E-state index is 12.9. The number of hydrogen-bond donors (Lipinski definition) is 1. The predicted molar refractivity (Wildman–Crippen MR) is 80.1 cm³/mol. The van der Waals surface area contributed by atoms with Crippen molar-refractivity contribution in [1.82, 2.24) is 10.2 Å². The molecule has 1 heterocycles. The maximum Gasteiger partial charge on any atom is 0.416 e. The highest BCUT2D eigenvalue weighted by molar-refractivity contribution is 5.82. The van der Waals surface area contributed by atoms with Crippen LogP contribution in [0.2, 0.25) is 0 Å². The fourth-order valence-electron chi connectivity index (χ4n) is 3.06. The summed E-state index contributed by atoms with van der Waals surface area (Å²) in [6.45, 7) is 3.81. The number of amides is 2. The van der Waals surface area contributed by atoms with Gasteiger partial charge in [0.05, 0.1) is 18.7 Å². The smallest absolute Gasteiger partial charge is 0.416 e. The van der Waals surface area contributed by atoms with Crippen LogP contribution in [-0.2, 0) is 15.7 Å². The number of nitrogens with zero attached hydrogens (tertiary/aromatic N) is 1. The first-order chi connectivity index (χ1) is 11.2. The first-order valence-electron chi connectivity index (χ1n) is 7.52. The lowest BCUT2D eigenvalue weighted by atomic mass is 9.84. The van der Waals surface area contributed by atoms with Crippen LogP contribution in [0.25, 0.3) is 0 Å². The van der Waals surface area contributed by atoms with Crippen molar-refractivity contribution in [3.63, 3.8) is 0 Å². The molecule has 3 atom stereocenters. The van der Waals surface area contributed by atoms with Gasteiger partial charge in [0.25, 0.3) is 0 Å². The second-order valence-corrected chi connectivity index (χ2v) is 5.63. The van der Waals surface area contributed by atoms with Gasteiger partial charge in [0.15, 0.2) is 0 Å². The molecule has 1 aromatic carbocycles. The fourth-order valence-corrected chi connectivity index (χ4v) is 3.06. The van der Waals surface area contributed by atoms with Crippen molar-refractivity contribution in [3.8, 4) is 0 Å². The van der Waals surface area contributed by atoms with Gasteiger partial charge in [-0.3, -0.25) is 4.79 Å². The number of ether oxygens (including phenoxy) is 1. The van der Waals surface area contributed by atoms with E-state index in [1.807, 2.05) is 0 Å². The van der Waals surface area contributed by atoms with Gasteiger partial charge < -0.3 is 15.0 Å². The zero-order valence-corrected chi connectivity index (χ0v) is 13.6. The van der Waals surface area contributed by atoms with Gasteiger partial charge >= 0.3 is 18.2 Å². The molecule has 24 heavy (non-hydrogen) atoms. The topological polar surface area (TPSA) is 58.6 Å². The Kier molecular flexibility index (Phi) is 5.05. The summed E-state index contributed by atoms with van der Waals surface area (Å²) in [6, 6.07) is 2.81. The summed E-state index contributed by atoms with van der Waals surface area (Å²) in [7, 11) is 1.21. The summed E-state index contributed by atoms with van der Waals surface area (Å²) in [4.78, 5) is 25.8. The summed E-state index contributed by atoms with van der Waals surface area (Å²) in [6.07, 6.45) is -4.50. The van der Waals surface area contributed by atoms with Gasteiger partial charge in [-0.25, -0.2) is 4.79 Å². The van der Waals surface area contributed by atoms with E-state index >= 15 is 0 Å². The van der Waals surface area contributed by atoms with Crippen molar-refractivity contribution in [2.45, 2.75) is 32.1 Å². The van der Waals surface area contributed by atoms with Crippen LogP contribution in [0.5, 0.6) is 0 Å². The Balaban J connectivity index is 2.46. The van der Waals surface area contributed by atoms with Gasteiger partial charge in [0, 0.05) is 12.6 Å². The average molecular weight is 344 g/mol. The van der Waals surface area contributed by atoms with Gasteiger partial charge in [-0.15, -0.1) is 0 Å². The molecule has 2 amide bonds. The number of carbonyl (C=O) groups is 2. The Hall–Kier alpha value is -2.25. The minimum absolute atomic E-state index is 0.219. The van der Waals surface area contributed by atoms with Crippen LogP contribution in [0.1, 0.15) is 31.0 Å². The Bertz CT molecular complexity index is 633. The van der Waals surface area contributed by atoms with Crippen LogP contribution in [-0.4, -0.2) is 36.6 Å². The number of rotatable bonds is 3. The number of nitrogens with one attached hydrogen (secondary N) is 1. The van der Waals surface area contributed by atoms with Crippen molar-refractivity contribution in [2.75, 3.05) is 13.7 Å². The Labute approximate surface area is 137 Å². The zero-order valence-electron chi connectivity index (χ0n) is 13.6. The van der Waals surface area contributed by atoms with Crippen molar-refractivity contribution in [3.05, 3.63) is 35.4 Å².